The highest BCUT2D eigenvalue weighted by molar-refractivity contribution is 5.44. The van der Waals surface area contributed by atoms with Gasteiger partial charge in [0, 0.05) is 6.61 Å². The standard InChI is InChI=1S/C13H18O5/c14-6-10(4-11(16)7-15)3-9-1-2-12-13(5-9)18-8-17-12/h1-2,5,10-11,14-16H,3-4,6-8H2/t10?,11-/m0/s1. The third kappa shape index (κ3) is 3.13. The zero-order valence-corrected chi connectivity index (χ0v) is 10.1. The molecule has 1 aromatic carbocycles. The van der Waals surface area contributed by atoms with E-state index in [-0.39, 0.29) is 25.9 Å². The van der Waals surface area contributed by atoms with Crippen LogP contribution in [0, 0.1) is 5.92 Å². The minimum absolute atomic E-state index is 0.0223. The van der Waals surface area contributed by atoms with Gasteiger partial charge in [0.2, 0.25) is 6.79 Å². The first kappa shape index (κ1) is 13.1. The average Bonchev–Trinajstić information content (AvgIpc) is 2.85. The van der Waals surface area contributed by atoms with Crippen molar-refractivity contribution in [3.05, 3.63) is 23.8 Å². The smallest absolute Gasteiger partial charge is 0.231 e. The lowest BCUT2D eigenvalue weighted by Crippen LogP contribution is -2.21. The first-order valence-electron chi connectivity index (χ1n) is 6.01. The van der Waals surface area contributed by atoms with Crippen LogP contribution in [0.2, 0.25) is 0 Å². The van der Waals surface area contributed by atoms with Gasteiger partial charge in [-0.1, -0.05) is 6.07 Å². The topological polar surface area (TPSA) is 79.2 Å². The predicted octanol–water partition coefficient (Wildman–Crippen LogP) is 0.310. The van der Waals surface area contributed by atoms with Gasteiger partial charge in [0.05, 0.1) is 12.7 Å². The molecule has 0 bridgehead atoms. The van der Waals surface area contributed by atoms with Crippen LogP contribution in [-0.2, 0) is 6.42 Å². The van der Waals surface area contributed by atoms with E-state index < -0.39 is 6.10 Å². The molecule has 1 heterocycles. The summed E-state index contributed by atoms with van der Waals surface area (Å²) in [5, 5.41) is 27.5. The van der Waals surface area contributed by atoms with Crippen LogP contribution in [0.25, 0.3) is 0 Å². The number of aliphatic hydroxyl groups excluding tert-OH is 3. The van der Waals surface area contributed by atoms with Gasteiger partial charge in [0.25, 0.3) is 0 Å². The van der Waals surface area contributed by atoms with Crippen molar-refractivity contribution in [2.45, 2.75) is 18.9 Å². The Morgan fingerprint density at radius 2 is 1.89 bits per heavy atom. The van der Waals surface area contributed by atoms with Gasteiger partial charge in [0.15, 0.2) is 11.5 Å². The average molecular weight is 254 g/mol. The largest absolute Gasteiger partial charge is 0.454 e. The lowest BCUT2D eigenvalue weighted by Gasteiger charge is -2.17. The van der Waals surface area contributed by atoms with E-state index >= 15 is 0 Å². The Morgan fingerprint density at radius 1 is 1.11 bits per heavy atom. The van der Waals surface area contributed by atoms with Gasteiger partial charge >= 0.3 is 0 Å². The van der Waals surface area contributed by atoms with Crippen molar-refractivity contribution in [3.8, 4) is 11.5 Å². The van der Waals surface area contributed by atoms with Crippen LogP contribution in [-0.4, -0.2) is 41.4 Å². The number of rotatable bonds is 6. The highest BCUT2D eigenvalue weighted by Gasteiger charge is 2.17. The minimum atomic E-state index is -0.781. The highest BCUT2D eigenvalue weighted by atomic mass is 16.7. The van der Waals surface area contributed by atoms with Crippen molar-refractivity contribution >= 4 is 0 Å². The maximum atomic E-state index is 9.39. The molecule has 0 radical (unpaired) electrons. The fraction of sp³-hybridized carbons (Fsp3) is 0.538. The fourth-order valence-corrected chi connectivity index (χ4v) is 2.08. The molecular formula is C13H18O5. The predicted molar refractivity (Wildman–Crippen MR) is 64.6 cm³/mol. The molecule has 5 heteroatoms. The third-order valence-corrected chi connectivity index (χ3v) is 3.04. The van der Waals surface area contributed by atoms with Gasteiger partial charge in [-0.05, 0) is 36.5 Å². The van der Waals surface area contributed by atoms with E-state index in [1.54, 1.807) is 0 Å². The van der Waals surface area contributed by atoms with Crippen LogP contribution in [0.1, 0.15) is 12.0 Å². The van der Waals surface area contributed by atoms with Crippen LogP contribution >= 0.6 is 0 Å². The van der Waals surface area contributed by atoms with E-state index in [0.717, 1.165) is 11.3 Å². The highest BCUT2D eigenvalue weighted by Crippen LogP contribution is 2.33. The van der Waals surface area contributed by atoms with Gasteiger partial charge in [-0.25, -0.2) is 0 Å². The molecule has 2 rings (SSSR count). The first-order valence-corrected chi connectivity index (χ1v) is 6.01. The third-order valence-electron chi connectivity index (χ3n) is 3.04. The summed E-state index contributed by atoms with van der Waals surface area (Å²) in [5.41, 5.74) is 1.02. The molecule has 1 aliphatic heterocycles. The number of ether oxygens (including phenoxy) is 2. The minimum Gasteiger partial charge on any atom is -0.454 e. The molecule has 1 aliphatic rings. The van der Waals surface area contributed by atoms with Crippen molar-refractivity contribution in [2.24, 2.45) is 5.92 Å². The van der Waals surface area contributed by atoms with Crippen molar-refractivity contribution in [1.29, 1.82) is 0 Å². The summed E-state index contributed by atoms with van der Waals surface area (Å²) in [6, 6.07) is 5.65. The maximum Gasteiger partial charge on any atom is 0.231 e. The Hall–Kier alpha value is -1.30. The molecule has 5 nitrogen and oxygen atoms in total. The Labute approximate surface area is 106 Å². The summed E-state index contributed by atoms with van der Waals surface area (Å²) >= 11 is 0. The summed E-state index contributed by atoms with van der Waals surface area (Å²) in [7, 11) is 0. The lowest BCUT2D eigenvalue weighted by molar-refractivity contribution is 0.0626. The number of hydrogen-bond acceptors (Lipinski definition) is 5. The zero-order valence-electron chi connectivity index (χ0n) is 10.1. The summed E-state index contributed by atoms with van der Waals surface area (Å²) in [4.78, 5) is 0. The maximum absolute atomic E-state index is 9.39. The van der Waals surface area contributed by atoms with E-state index in [9.17, 15) is 10.2 Å². The van der Waals surface area contributed by atoms with Crippen LogP contribution in [0.4, 0.5) is 0 Å². The summed E-state index contributed by atoms with van der Waals surface area (Å²) < 4.78 is 10.5. The van der Waals surface area contributed by atoms with Gasteiger partial charge in [-0.3, -0.25) is 0 Å². The second-order valence-electron chi connectivity index (χ2n) is 4.51. The molecule has 0 saturated heterocycles. The van der Waals surface area contributed by atoms with Crippen LogP contribution in [0.15, 0.2) is 18.2 Å². The molecule has 0 aliphatic carbocycles. The summed E-state index contributed by atoms with van der Waals surface area (Å²) in [6.45, 7) is -0.0609. The molecule has 1 aromatic rings. The summed E-state index contributed by atoms with van der Waals surface area (Å²) in [6.07, 6.45) is 0.224. The first-order chi connectivity index (χ1) is 8.72. The second-order valence-corrected chi connectivity index (χ2v) is 4.51. The lowest BCUT2D eigenvalue weighted by atomic mass is 9.94. The van der Waals surface area contributed by atoms with E-state index in [0.29, 0.717) is 18.6 Å². The van der Waals surface area contributed by atoms with Crippen molar-refractivity contribution < 1.29 is 24.8 Å². The van der Waals surface area contributed by atoms with Gasteiger partial charge < -0.3 is 24.8 Å². The number of benzene rings is 1. The number of aliphatic hydroxyl groups is 3. The van der Waals surface area contributed by atoms with Crippen molar-refractivity contribution in [3.63, 3.8) is 0 Å². The van der Waals surface area contributed by atoms with E-state index in [1.807, 2.05) is 18.2 Å². The normalized spacial score (nSPS) is 16.6. The van der Waals surface area contributed by atoms with Gasteiger partial charge in [-0.15, -0.1) is 0 Å². The zero-order chi connectivity index (χ0) is 13.0. The summed E-state index contributed by atoms with van der Waals surface area (Å²) in [5.74, 6) is 1.37. The van der Waals surface area contributed by atoms with Gasteiger partial charge in [-0.2, -0.15) is 0 Å². The number of hydrogen-bond donors (Lipinski definition) is 3. The molecular weight excluding hydrogens is 236 g/mol. The quantitative estimate of drug-likeness (QED) is 0.681. The second kappa shape index (κ2) is 6.04. The Kier molecular flexibility index (Phi) is 4.41. The molecule has 1 unspecified atom stereocenters. The fourth-order valence-electron chi connectivity index (χ4n) is 2.08. The van der Waals surface area contributed by atoms with Crippen LogP contribution in [0.3, 0.4) is 0 Å². The van der Waals surface area contributed by atoms with E-state index in [1.165, 1.54) is 0 Å². The van der Waals surface area contributed by atoms with E-state index in [2.05, 4.69) is 0 Å². The molecule has 0 amide bonds. The monoisotopic (exact) mass is 254 g/mol. The Morgan fingerprint density at radius 3 is 2.61 bits per heavy atom. The van der Waals surface area contributed by atoms with Crippen molar-refractivity contribution in [2.75, 3.05) is 20.0 Å². The molecule has 0 aromatic heterocycles. The molecule has 18 heavy (non-hydrogen) atoms. The molecule has 0 fully saturated rings. The SMILES string of the molecule is OCC(Cc1ccc2c(c1)OCO2)C[C@H](O)CO. The molecule has 100 valence electrons. The molecule has 3 N–H and O–H groups in total. The molecule has 2 atom stereocenters. The molecule has 0 saturated carbocycles. The van der Waals surface area contributed by atoms with Gasteiger partial charge in [0.1, 0.15) is 0 Å². The van der Waals surface area contributed by atoms with Crippen molar-refractivity contribution in [1.82, 2.24) is 0 Å². The van der Waals surface area contributed by atoms with Crippen LogP contribution < -0.4 is 9.47 Å². The Bertz CT molecular complexity index is 393. The van der Waals surface area contributed by atoms with Crippen LogP contribution in [0.5, 0.6) is 11.5 Å². The number of fused-ring (bicyclic) bond motifs is 1. The molecule has 0 spiro atoms. The van der Waals surface area contributed by atoms with E-state index in [4.69, 9.17) is 14.6 Å². The Balaban J connectivity index is 1.98.